The quantitative estimate of drug-likeness (QED) is 0.430. The van der Waals surface area contributed by atoms with Gasteiger partial charge in [0, 0.05) is 17.0 Å². The van der Waals surface area contributed by atoms with Crippen LogP contribution < -0.4 is 0 Å². The molecule has 0 amide bonds. The Hall–Kier alpha value is -3.00. The van der Waals surface area contributed by atoms with Crippen molar-refractivity contribution in [3.8, 4) is 0 Å². The van der Waals surface area contributed by atoms with Crippen LogP contribution >= 0.6 is 0 Å². The second-order valence-electron chi connectivity index (χ2n) is 6.59. The van der Waals surface area contributed by atoms with Crippen molar-refractivity contribution in [3.63, 3.8) is 0 Å². The smallest absolute Gasteiger partial charge is 0.0971 e. The van der Waals surface area contributed by atoms with E-state index >= 15 is 0 Å². The summed E-state index contributed by atoms with van der Waals surface area (Å²) in [6.45, 7) is 6.45. The Kier molecular flexibility index (Phi) is 3.81. The molecule has 122 valence electrons. The topological polar surface area (TPSA) is 25.8 Å². The molecule has 0 aliphatic rings. The van der Waals surface area contributed by atoms with Crippen LogP contribution in [0.3, 0.4) is 0 Å². The van der Waals surface area contributed by atoms with Crippen molar-refractivity contribution in [2.45, 2.75) is 20.8 Å². The molecular weight excluding hydrogens is 304 g/mol. The Morgan fingerprint density at radius 2 is 1.44 bits per heavy atom. The van der Waals surface area contributed by atoms with Gasteiger partial charge in [0.25, 0.3) is 0 Å². The van der Waals surface area contributed by atoms with Crippen molar-refractivity contribution in [2.75, 3.05) is 0 Å². The highest BCUT2D eigenvalue weighted by Gasteiger charge is 2.04. The van der Waals surface area contributed by atoms with Gasteiger partial charge in [0.15, 0.2) is 0 Å². The molecule has 0 bridgehead atoms. The Balaban J connectivity index is 1.81. The number of aromatic nitrogens is 2. The first-order chi connectivity index (χ1) is 12.1. The molecule has 0 aliphatic heterocycles. The molecule has 4 rings (SSSR count). The van der Waals surface area contributed by atoms with Crippen molar-refractivity contribution in [3.05, 3.63) is 82.7 Å². The summed E-state index contributed by atoms with van der Waals surface area (Å²) < 4.78 is 0. The molecular formula is C23H20N2. The maximum atomic E-state index is 4.85. The molecule has 25 heavy (non-hydrogen) atoms. The highest BCUT2D eigenvalue weighted by atomic mass is 14.7. The number of hydrogen-bond donors (Lipinski definition) is 0. The van der Waals surface area contributed by atoms with Gasteiger partial charge in [0.2, 0.25) is 0 Å². The summed E-state index contributed by atoms with van der Waals surface area (Å²) in [7, 11) is 0. The van der Waals surface area contributed by atoms with Crippen LogP contribution in [0.2, 0.25) is 0 Å². The molecule has 0 saturated carbocycles. The lowest BCUT2D eigenvalue weighted by Gasteiger charge is -2.07. The largest absolute Gasteiger partial charge is 0.254 e. The van der Waals surface area contributed by atoms with E-state index in [1.165, 1.54) is 22.3 Å². The van der Waals surface area contributed by atoms with Gasteiger partial charge in [0.1, 0.15) is 0 Å². The molecule has 0 spiro atoms. The van der Waals surface area contributed by atoms with Crippen LogP contribution in [0, 0.1) is 20.8 Å². The first-order valence-electron chi connectivity index (χ1n) is 8.52. The molecule has 4 aromatic rings. The fraction of sp³-hybridized carbons (Fsp3) is 0.130. The average molecular weight is 324 g/mol. The van der Waals surface area contributed by atoms with Crippen molar-refractivity contribution in [2.24, 2.45) is 0 Å². The van der Waals surface area contributed by atoms with Gasteiger partial charge in [-0.3, -0.25) is 4.98 Å². The van der Waals surface area contributed by atoms with Gasteiger partial charge >= 0.3 is 0 Å². The molecule has 0 N–H and O–H groups in total. The predicted molar refractivity (Wildman–Crippen MR) is 107 cm³/mol. The van der Waals surface area contributed by atoms with Crippen LogP contribution in [0.15, 0.2) is 54.7 Å². The fourth-order valence-electron chi connectivity index (χ4n) is 3.45. The van der Waals surface area contributed by atoms with Crippen LogP contribution in [0.1, 0.15) is 27.9 Å². The molecule has 2 heteroatoms. The van der Waals surface area contributed by atoms with Gasteiger partial charge in [-0.15, -0.1) is 0 Å². The maximum Gasteiger partial charge on any atom is 0.0971 e. The maximum absolute atomic E-state index is 4.85. The van der Waals surface area contributed by atoms with Gasteiger partial charge < -0.3 is 0 Å². The summed E-state index contributed by atoms with van der Waals surface area (Å²) >= 11 is 0. The minimum atomic E-state index is 0.949. The first-order valence-corrected chi connectivity index (χ1v) is 8.52. The minimum Gasteiger partial charge on any atom is -0.254 e. The van der Waals surface area contributed by atoms with E-state index in [2.05, 4.69) is 80.4 Å². The third kappa shape index (κ3) is 2.91. The number of pyridine rings is 2. The van der Waals surface area contributed by atoms with Gasteiger partial charge in [-0.1, -0.05) is 48.0 Å². The zero-order chi connectivity index (χ0) is 17.4. The van der Waals surface area contributed by atoms with Crippen LogP contribution in [0.5, 0.6) is 0 Å². The molecule has 2 heterocycles. The SMILES string of the molecule is Cc1cc(C)c(/C=C/c2ccc3ccc4cccnc4c3n2)c(C)c1. The van der Waals surface area contributed by atoms with Crippen molar-refractivity contribution >= 4 is 34.0 Å². The number of nitrogens with zero attached hydrogens (tertiary/aromatic N) is 2. The van der Waals surface area contributed by atoms with Crippen molar-refractivity contribution in [1.82, 2.24) is 9.97 Å². The lowest BCUT2D eigenvalue weighted by atomic mass is 9.99. The second kappa shape index (κ2) is 6.14. The minimum absolute atomic E-state index is 0.949. The van der Waals surface area contributed by atoms with Crippen LogP contribution in [0.4, 0.5) is 0 Å². The van der Waals surface area contributed by atoms with E-state index in [4.69, 9.17) is 4.98 Å². The Bertz CT molecular complexity index is 1100. The van der Waals surface area contributed by atoms with Gasteiger partial charge in [-0.05, 0) is 55.7 Å². The van der Waals surface area contributed by atoms with Crippen LogP contribution in [-0.2, 0) is 0 Å². The molecule has 2 aromatic heterocycles. The van der Waals surface area contributed by atoms with Crippen LogP contribution in [0.25, 0.3) is 34.0 Å². The molecule has 0 aliphatic carbocycles. The second-order valence-corrected chi connectivity index (χ2v) is 6.59. The third-order valence-corrected chi connectivity index (χ3v) is 4.61. The summed E-state index contributed by atoms with van der Waals surface area (Å²) in [6, 6.07) is 16.9. The van der Waals surface area contributed by atoms with Gasteiger partial charge in [0.05, 0.1) is 16.7 Å². The van der Waals surface area contributed by atoms with E-state index in [9.17, 15) is 0 Å². The average Bonchev–Trinajstić information content (AvgIpc) is 2.60. The summed E-state index contributed by atoms with van der Waals surface area (Å²) in [5.74, 6) is 0. The number of hydrogen-bond acceptors (Lipinski definition) is 2. The molecule has 0 fully saturated rings. The number of benzene rings is 2. The molecule has 2 nitrogen and oxygen atoms in total. The zero-order valence-corrected chi connectivity index (χ0v) is 14.7. The van der Waals surface area contributed by atoms with Crippen molar-refractivity contribution < 1.29 is 0 Å². The normalized spacial score (nSPS) is 11.6. The van der Waals surface area contributed by atoms with E-state index in [0.717, 1.165) is 27.5 Å². The molecule has 0 unspecified atom stereocenters. The first kappa shape index (κ1) is 15.5. The Morgan fingerprint density at radius 1 is 0.760 bits per heavy atom. The lowest BCUT2D eigenvalue weighted by molar-refractivity contribution is 1.30. The standard InChI is InChI=1S/C23H20N2/c1-15-13-16(2)21(17(3)14-15)11-10-20-9-8-19-7-6-18-5-4-12-24-22(18)23(19)25-20/h4-14H,1-3H3/b11-10+. The number of rotatable bonds is 2. The molecule has 0 saturated heterocycles. The lowest BCUT2D eigenvalue weighted by Crippen LogP contribution is -1.89. The van der Waals surface area contributed by atoms with E-state index in [0.29, 0.717) is 0 Å². The summed E-state index contributed by atoms with van der Waals surface area (Å²) in [5.41, 5.74) is 8.01. The monoisotopic (exact) mass is 324 g/mol. The van der Waals surface area contributed by atoms with E-state index in [-0.39, 0.29) is 0 Å². The van der Waals surface area contributed by atoms with E-state index < -0.39 is 0 Å². The highest BCUT2D eigenvalue weighted by molar-refractivity contribution is 6.02. The van der Waals surface area contributed by atoms with E-state index in [1.54, 1.807) is 0 Å². The Labute approximate surface area is 147 Å². The highest BCUT2D eigenvalue weighted by Crippen LogP contribution is 2.23. The summed E-state index contributed by atoms with van der Waals surface area (Å²) in [6.07, 6.45) is 6.08. The molecule has 2 aromatic carbocycles. The summed E-state index contributed by atoms with van der Waals surface area (Å²) in [5, 5.41) is 2.24. The Morgan fingerprint density at radius 3 is 2.20 bits per heavy atom. The fourth-order valence-corrected chi connectivity index (χ4v) is 3.45. The number of aryl methyl sites for hydroxylation is 3. The van der Waals surface area contributed by atoms with E-state index in [1.807, 2.05) is 12.3 Å². The molecule has 0 atom stereocenters. The van der Waals surface area contributed by atoms with Gasteiger partial charge in [-0.2, -0.15) is 0 Å². The summed E-state index contributed by atoms with van der Waals surface area (Å²) in [4.78, 5) is 9.37. The molecule has 0 radical (unpaired) electrons. The van der Waals surface area contributed by atoms with Gasteiger partial charge in [-0.25, -0.2) is 4.98 Å². The zero-order valence-electron chi connectivity index (χ0n) is 14.7. The number of fused-ring (bicyclic) bond motifs is 3. The predicted octanol–water partition coefficient (Wildman–Crippen LogP) is 5.88. The third-order valence-electron chi connectivity index (χ3n) is 4.61. The van der Waals surface area contributed by atoms with Crippen LogP contribution in [-0.4, -0.2) is 9.97 Å². The van der Waals surface area contributed by atoms with Crippen molar-refractivity contribution in [1.29, 1.82) is 0 Å².